The normalized spacial score (nSPS) is 18.1. The Morgan fingerprint density at radius 1 is 1.05 bits per heavy atom. The molecule has 0 amide bonds. The quantitative estimate of drug-likeness (QED) is 0.834. The number of benzene rings is 2. The van der Waals surface area contributed by atoms with Crippen LogP contribution in [0.4, 0.5) is 11.4 Å². The molecule has 1 fully saturated rings. The predicted molar refractivity (Wildman–Crippen MR) is 97.0 cm³/mol. The van der Waals surface area contributed by atoms with Gasteiger partial charge in [0.05, 0.1) is 11.7 Å². The van der Waals surface area contributed by atoms with Crippen LogP contribution in [-0.4, -0.2) is 22.7 Å². The largest absolute Gasteiger partial charge is 0.331 e. The number of hydrogen-bond donors (Lipinski definition) is 1. The zero-order valence-electron chi connectivity index (χ0n) is 12.8. The molecule has 3 rings (SSSR count). The van der Waals surface area contributed by atoms with E-state index in [0.29, 0.717) is 6.04 Å². The van der Waals surface area contributed by atoms with Crippen LogP contribution in [0.1, 0.15) is 19.8 Å². The lowest BCUT2D eigenvalue weighted by Crippen LogP contribution is -2.56. The molecular formula is C18H21N3S. The van der Waals surface area contributed by atoms with Gasteiger partial charge in [0, 0.05) is 12.2 Å². The minimum atomic E-state index is 0.387. The van der Waals surface area contributed by atoms with Crippen LogP contribution < -0.4 is 10.3 Å². The maximum absolute atomic E-state index is 5.68. The van der Waals surface area contributed by atoms with E-state index in [9.17, 15) is 0 Å². The Labute approximate surface area is 137 Å². The minimum absolute atomic E-state index is 0.387. The van der Waals surface area contributed by atoms with Gasteiger partial charge in [0.25, 0.3) is 0 Å². The Hall–Kier alpha value is -2.07. The van der Waals surface area contributed by atoms with Gasteiger partial charge < -0.3 is 5.32 Å². The Morgan fingerprint density at radius 2 is 1.68 bits per heavy atom. The van der Waals surface area contributed by atoms with Crippen molar-refractivity contribution < 1.29 is 0 Å². The molecule has 1 atom stereocenters. The highest BCUT2D eigenvalue weighted by Gasteiger charge is 2.28. The molecule has 2 aromatic carbocycles. The van der Waals surface area contributed by atoms with Gasteiger partial charge in [0.15, 0.2) is 5.11 Å². The van der Waals surface area contributed by atoms with Gasteiger partial charge in [0.2, 0.25) is 0 Å². The molecule has 3 nitrogen and oxygen atoms in total. The fourth-order valence-electron chi connectivity index (χ4n) is 2.87. The summed E-state index contributed by atoms with van der Waals surface area (Å²) in [6, 6.07) is 20.9. The number of nitrogens with one attached hydrogen (secondary N) is 1. The molecule has 0 spiro atoms. The first-order valence-electron chi connectivity index (χ1n) is 7.73. The number of hydrogen-bond acceptors (Lipinski definition) is 2. The Bertz CT molecular complexity index is 615. The molecule has 114 valence electrons. The summed E-state index contributed by atoms with van der Waals surface area (Å²) >= 11 is 5.68. The van der Waals surface area contributed by atoms with Gasteiger partial charge in [-0.1, -0.05) is 36.4 Å². The summed E-state index contributed by atoms with van der Waals surface area (Å²) in [5.74, 6) is 0. The van der Waals surface area contributed by atoms with Crippen molar-refractivity contribution >= 4 is 28.7 Å². The summed E-state index contributed by atoms with van der Waals surface area (Å²) in [5.41, 5.74) is 2.21. The van der Waals surface area contributed by atoms with E-state index < -0.39 is 0 Å². The molecule has 0 radical (unpaired) electrons. The maximum Gasteiger partial charge on any atom is 0.192 e. The van der Waals surface area contributed by atoms with Gasteiger partial charge in [-0.2, -0.15) is 0 Å². The molecule has 0 unspecified atom stereocenters. The summed E-state index contributed by atoms with van der Waals surface area (Å²) in [4.78, 5) is 0. The number of anilines is 2. The van der Waals surface area contributed by atoms with E-state index in [1.165, 1.54) is 12.1 Å². The SMILES string of the molecule is C[C@@H]1CCCN(c2ccccc2)N1C(=S)Nc1ccccc1. The zero-order valence-corrected chi connectivity index (χ0v) is 13.6. The van der Waals surface area contributed by atoms with Crippen LogP contribution in [0.5, 0.6) is 0 Å². The Morgan fingerprint density at radius 3 is 2.36 bits per heavy atom. The van der Waals surface area contributed by atoms with Crippen LogP contribution in [0.15, 0.2) is 60.7 Å². The first-order valence-corrected chi connectivity index (χ1v) is 8.14. The highest BCUT2D eigenvalue weighted by atomic mass is 32.1. The summed E-state index contributed by atoms with van der Waals surface area (Å²) < 4.78 is 0. The number of nitrogens with zero attached hydrogens (tertiary/aromatic N) is 2. The topological polar surface area (TPSA) is 18.5 Å². The molecule has 0 saturated carbocycles. The molecule has 1 aliphatic rings. The molecule has 1 heterocycles. The van der Waals surface area contributed by atoms with E-state index in [1.54, 1.807) is 0 Å². The second-order valence-electron chi connectivity index (χ2n) is 5.59. The highest BCUT2D eigenvalue weighted by molar-refractivity contribution is 7.80. The monoisotopic (exact) mass is 311 g/mol. The van der Waals surface area contributed by atoms with Crippen LogP contribution >= 0.6 is 12.2 Å². The number of para-hydroxylation sites is 2. The maximum atomic E-state index is 5.68. The van der Waals surface area contributed by atoms with E-state index in [4.69, 9.17) is 12.2 Å². The van der Waals surface area contributed by atoms with Crippen molar-refractivity contribution in [3.8, 4) is 0 Å². The second kappa shape index (κ2) is 6.79. The number of thiocarbonyl (C=S) groups is 1. The number of rotatable bonds is 2. The molecule has 0 bridgehead atoms. The molecule has 0 aliphatic carbocycles. The van der Waals surface area contributed by atoms with Crippen LogP contribution in [0.2, 0.25) is 0 Å². The van der Waals surface area contributed by atoms with Crippen molar-refractivity contribution in [3.05, 3.63) is 60.7 Å². The van der Waals surface area contributed by atoms with Crippen molar-refractivity contribution in [2.75, 3.05) is 16.9 Å². The van der Waals surface area contributed by atoms with Gasteiger partial charge in [-0.25, -0.2) is 0 Å². The van der Waals surface area contributed by atoms with Gasteiger partial charge in [-0.3, -0.25) is 10.0 Å². The third-order valence-electron chi connectivity index (χ3n) is 3.96. The standard InChI is InChI=1S/C18H21N3S/c1-15-9-8-14-20(17-12-6-3-7-13-17)21(15)18(22)19-16-10-4-2-5-11-16/h2-7,10-13,15H,8-9,14H2,1H3,(H,19,22)/t15-/m1/s1. The lowest BCUT2D eigenvalue weighted by molar-refractivity contribution is 0.248. The average molecular weight is 311 g/mol. The molecule has 22 heavy (non-hydrogen) atoms. The van der Waals surface area contributed by atoms with E-state index in [1.807, 2.05) is 36.4 Å². The van der Waals surface area contributed by atoms with Crippen molar-refractivity contribution in [1.29, 1.82) is 0 Å². The van der Waals surface area contributed by atoms with Crippen molar-refractivity contribution in [2.24, 2.45) is 0 Å². The minimum Gasteiger partial charge on any atom is -0.331 e. The summed E-state index contributed by atoms with van der Waals surface area (Å²) in [7, 11) is 0. The Balaban J connectivity index is 1.82. The highest BCUT2D eigenvalue weighted by Crippen LogP contribution is 2.25. The molecule has 1 N–H and O–H groups in total. The molecule has 1 saturated heterocycles. The summed E-state index contributed by atoms with van der Waals surface area (Å²) in [6.07, 6.45) is 2.33. The van der Waals surface area contributed by atoms with Crippen LogP contribution in [-0.2, 0) is 0 Å². The Kier molecular flexibility index (Phi) is 4.59. The lowest BCUT2D eigenvalue weighted by Gasteiger charge is -2.45. The smallest absolute Gasteiger partial charge is 0.192 e. The van der Waals surface area contributed by atoms with Gasteiger partial charge in [0.1, 0.15) is 0 Å². The molecular weight excluding hydrogens is 290 g/mol. The van der Waals surface area contributed by atoms with Gasteiger partial charge >= 0.3 is 0 Å². The summed E-state index contributed by atoms with van der Waals surface area (Å²) in [5, 5.41) is 8.60. The predicted octanol–water partition coefficient (Wildman–Crippen LogP) is 4.29. The lowest BCUT2D eigenvalue weighted by atomic mass is 10.1. The van der Waals surface area contributed by atoms with Crippen LogP contribution in [0.3, 0.4) is 0 Å². The summed E-state index contributed by atoms with van der Waals surface area (Å²) in [6.45, 7) is 3.22. The first-order chi connectivity index (χ1) is 10.8. The second-order valence-corrected chi connectivity index (χ2v) is 5.98. The molecule has 2 aromatic rings. The number of hydrazine groups is 1. The van der Waals surface area contributed by atoms with Crippen molar-refractivity contribution in [2.45, 2.75) is 25.8 Å². The first kappa shape index (κ1) is 14.9. The third kappa shape index (κ3) is 3.22. The fourth-order valence-corrected chi connectivity index (χ4v) is 3.27. The van der Waals surface area contributed by atoms with Crippen LogP contribution in [0.25, 0.3) is 0 Å². The van der Waals surface area contributed by atoms with Crippen molar-refractivity contribution in [1.82, 2.24) is 5.01 Å². The van der Waals surface area contributed by atoms with Crippen LogP contribution in [0, 0.1) is 0 Å². The molecule has 1 aliphatic heterocycles. The fraction of sp³-hybridized carbons (Fsp3) is 0.278. The van der Waals surface area contributed by atoms with Gasteiger partial charge in [-0.05, 0) is 56.2 Å². The van der Waals surface area contributed by atoms with E-state index in [2.05, 4.69) is 46.5 Å². The zero-order chi connectivity index (χ0) is 15.4. The third-order valence-corrected chi connectivity index (χ3v) is 4.25. The van der Waals surface area contributed by atoms with Crippen molar-refractivity contribution in [3.63, 3.8) is 0 Å². The average Bonchev–Trinajstić information content (AvgIpc) is 2.56. The molecule has 0 aromatic heterocycles. The van der Waals surface area contributed by atoms with Gasteiger partial charge in [-0.15, -0.1) is 0 Å². The van der Waals surface area contributed by atoms with E-state index in [-0.39, 0.29) is 0 Å². The van der Waals surface area contributed by atoms with E-state index >= 15 is 0 Å². The molecule has 4 heteroatoms. The van der Waals surface area contributed by atoms with E-state index in [0.717, 1.165) is 23.8 Å².